The average Bonchev–Trinajstić information content (AvgIpc) is 3.03. The van der Waals surface area contributed by atoms with Gasteiger partial charge in [-0.3, -0.25) is 0 Å². The first-order valence-electron chi connectivity index (χ1n) is 5.32. The van der Waals surface area contributed by atoms with E-state index in [1.165, 1.54) is 0 Å². The van der Waals surface area contributed by atoms with Crippen LogP contribution >= 0.6 is 0 Å². The Bertz CT molecular complexity index is 166. The Morgan fingerprint density at radius 1 is 1.36 bits per heavy atom. The van der Waals surface area contributed by atoms with Crippen molar-refractivity contribution in [3.63, 3.8) is 0 Å². The summed E-state index contributed by atoms with van der Waals surface area (Å²) in [6.07, 6.45) is 1.76. The highest BCUT2D eigenvalue weighted by atomic mass is 16.6. The topological polar surface area (TPSA) is 43.5 Å². The lowest BCUT2D eigenvalue weighted by atomic mass is 10.2. The van der Waals surface area contributed by atoms with Crippen LogP contribution in [-0.2, 0) is 18.9 Å². The molecule has 2 fully saturated rings. The van der Waals surface area contributed by atoms with Crippen LogP contribution in [0.3, 0.4) is 0 Å². The van der Waals surface area contributed by atoms with E-state index in [0.717, 1.165) is 32.8 Å². The van der Waals surface area contributed by atoms with Crippen LogP contribution in [0.5, 0.6) is 0 Å². The summed E-state index contributed by atoms with van der Waals surface area (Å²) in [5, 5.41) is 0. The quantitative estimate of drug-likeness (QED) is 0.427. The third kappa shape index (κ3) is 3.53. The fraction of sp³-hybridized carbons (Fsp3) is 1.00. The number of ether oxygens (including phenoxy) is 4. The van der Waals surface area contributed by atoms with Gasteiger partial charge in [-0.05, 0) is 13.3 Å². The molecule has 14 heavy (non-hydrogen) atoms. The minimum absolute atomic E-state index is 0.200. The lowest BCUT2D eigenvalue weighted by Crippen LogP contribution is -2.24. The molecule has 0 aromatic heterocycles. The van der Waals surface area contributed by atoms with Gasteiger partial charge in [-0.2, -0.15) is 0 Å². The zero-order valence-corrected chi connectivity index (χ0v) is 8.61. The Labute approximate surface area is 84.5 Å². The predicted molar refractivity (Wildman–Crippen MR) is 50.3 cm³/mol. The highest BCUT2D eigenvalue weighted by molar-refractivity contribution is 4.81. The van der Waals surface area contributed by atoms with Gasteiger partial charge in [0.15, 0.2) is 0 Å². The minimum atomic E-state index is 0.200. The van der Waals surface area contributed by atoms with Gasteiger partial charge in [-0.1, -0.05) is 0 Å². The summed E-state index contributed by atoms with van der Waals surface area (Å²) >= 11 is 0. The van der Waals surface area contributed by atoms with Crippen molar-refractivity contribution >= 4 is 0 Å². The van der Waals surface area contributed by atoms with Crippen LogP contribution in [0.1, 0.15) is 13.3 Å². The van der Waals surface area contributed by atoms with E-state index in [9.17, 15) is 0 Å². The molecule has 0 amide bonds. The summed E-state index contributed by atoms with van der Waals surface area (Å²) in [7, 11) is 0. The van der Waals surface area contributed by atoms with Crippen LogP contribution in [0.4, 0.5) is 0 Å². The average molecular weight is 202 g/mol. The Kier molecular flexibility index (Phi) is 3.75. The molecule has 2 heterocycles. The van der Waals surface area contributed by atoms with Crippen molar-refractivity contribution < 1.29 is 18.9 Å². The molecule has 0 saturated carbocycles. The molecule has 4 heteroatoms. The molecule has 0 N–H and O–H groups in total. The van der Waals surface area contributed by atoms with Gasteiger partial charge in [-0.25, -0.2) is 0 Å². The first-order chi connectivity index (χ1) is 6.90. The molecule has 2 aliphatic heterocycles. The molecule has 3 unspecified atom stereocenters. The molecule has 0 aliphatic carbocycles. The molecular weight excluding hydrogens is 184 g/mol. The van der Waals surface area contributed by atoms with Gasteiger partial charge in [0.1, 0.15) is 12.2 Å². The monoisotopic (exact) mass is 202 g/mol. The van der Waals surface area contributed by atoms with E-state index in [2.05, 4.69) is 0 Å². The molecule has 2 rings (SSSR count). The normalized spacial score (nSPS) is 31.5. The summed E-state index contributed by atoms with van der Waals surface area (Å²) < 4.78 is 21.3. The van der Waals surface area contributed by atoms with Crippen molar-refractivity contribution in [3.8, 4) is 0 Å². The number of rotatable bonds is 8. The molecule has 82 valence electrons. The standard InChI is InChI=1S/C10H18O4/c1-2-11-4-3-9(10-7-14-10)13-6-8-5-12-8/h8-10H,2-7H2,1H3. The van der Waals surface area contributed by atoms with Gasteiger partial charge in [-0.15, -0.1) is 0 Å². The first-order valence-corrected chi connectivity index (χ1v) is 5.32. The molecule has 3 atom stereocenters. The SMILES string of the molecule is CCOCCC(OCC1CO1)C1CO1. The Balaban J connectivity index is 1.59. The van der Waals surface area contributed by atoms with Crippen LogP contribution in [-0.4, -0.2) is 51.3 Å². The van der Waals surface area contributed by atoms with Crippen molar-refractivity contribution in [1.29, 1.82) is 0 Å². The second kappa shape index (κ2) is 5.07. The number of epoxide rings is 2. The molecular formula is C10H18O4. The second-order valence-corrected chi connectivity index (χ2v) is 3.68. The highest BCUT2D eigenvalue weighted by Gasteiger charge is 2.35. The van der Waals surface area contributed by atoms with E-state index in [1.54, 1.807) is 0 Å². The van der Waals surface area contributed by atoms with Crippen molar-refractivity contribution in [3.05, 3.63) is 0 Å². The molecule has 0 aromatic carbocycles. The first kappa shape index (κ1) is 10.4. The lowest BCUT2D eigenvalue weighted by molar-refractivity contribution is 0.00100. The van der Waals surface area contributed by atoms with Crippen LogP contribution in [0.15, 0.2) is 0 Å². The van der Waals surface area contributed by atoms with Crippen LogP contribution in [0.2, 0.25) is 0 Å². The Morgan fingerprint density at radius 3 is 2.71 bits per heavy atom. The van der Waals surface area contributed by atoms with Crippen LogP contribution in [0.25, 0.3) is 0 Å². The zero-order valence-electron chi connectivity index (χ0n) is 8.61. The number of hydrogen-bond acceptors (Lipinski definition) is 4. The van der Waals surface area contributed by atoms with Gasteiger partial charge >= 0.3 is 0 Å². The van der Waals surface area contributed by atoms with E-state index in [1.807, 2.05) is 6.92 Å². The van der Waals surface area contributed by atoms with Crippen LogP contribution in [0, 0.1) is 0 Å². The van der Waals surface area contributed by atoms with E-state index >= 15 is 0 Å². The summed E-state index contributed by atoms with van der Waals surface area (Å²) in [6.45, 7) is 5.92. The van der Waals surface area contributed by atoms with Gasteiger partial charge in [0.2, 0.25) is 0 Å². The fourth-order valence-corrected chi connectivity index (χ4v) is 1.39. The maximum absolute atomic E-state index is 5.71. The van der Waals surface area contributed by atoms with E-state index in [4.69, 9.17) is 18.9 Å². The number of hydrogen-bond donors (Lipinski definition) is 0. The van der Waals surface area contributed by atoms with Crippen molar-refractivity contribution in [2.75, 3.05) is 33.0 Å². The molecule has 2 aliphatic rings. The lowest BCUT2D eigenvalue weighted by Gasteiger charge is -2.14. The fourth-order valence-electron chi connectivity index (χ4n) is 1.39. The van der Waals surface area contributed by atoms with E-state index in [0.29, 0.717) is 18.8 Å². The summed E-state index contributed by atoms with van der Waals surface area (Å²) in [4.78, 5) is 0. The molecule has 0 bridgehead atoms. The third-order valence-electron chi connectivity index (χ3n) is 2.42. The minimum Gasteiger partial charge on any atom is -0.382 e. The summed E-state index contributed by atoms with van der Waals surface area (Å²) in [5.41, 5.74) is 0. The zero-order chi connectivity index (χ0) is 9.80. The third-order valence-corrected chi connectivity index (χ3v) is 2.42. The molecule has 0 spiro atoms. The highest BCUT2D eigenvalue weighted by Crippen LogP contribution is 2.21. The van der Waals surface area contributed by atoms with Gasteiger partial charge in [0, 0.05) is 13.2 Å². The van der Waals surface area contributed by atoms with Gasteiger partial charge in [0.25, 0.3) is 0 Å². The largest absolute Gasteiger partial charge is 0.382 e. The summed E-state index contributed by atoms with van der Waals surface area (Å²) in [6, 6.07) is 0. The van der Waals surface area contributed by atoms with Crippen LogP contribution < -0.4 is 0 Å². The Hall–Kier alpha value is -0.160. The molecule has 4 nitrogen and oxygen atoms in total. The predicted octanol–water partition coefficient (Wildman–Crippen LogP) is 0.596. The second-order valence-electron chi connectivity index (χ2n) is 3.68. The van der Waals surface area contributed by atoms with Crippen molar-refractivity contribution in [2.24, 2.45) is 0 Å². The van der Waals surface area contributed by atoms with Crippen molar-refractivity contribution in [2.45, 2.75) is 31.7 Å². The summed E-state index contributed by atoms with van der Waals surface area (Å²) in [5.74, 6) is 0. The molecule has 0 radical (unpaired) electrons. The van der Waals surface area contributed by atoms with E-state index in [-0.39, 0.29) is 6.10 Å². The molecule has 0 aromatic rings. The van der Waals surface area contributed by atoms with Crippen molar-refractivity contribution in [1.82, 2.24) is 0 Å². The molecule has 2 saturated heterocycles. The van der Waals surface area contributed by atoms with Gasteiger partial charge in [0.05, 0.1) is 25.9 Å². The smallest absolute Gasteiger partial charge is 0.107 e. The van der Waals surface area contributed by atoms with Gasteiger partial charge < -0.3 is 18.9 Å². The Morgan fingerprint density at radius 2 is 2.14 bits per heavy atom. The van der Waals surface area contributed by atoms with E-state index < -0.39 is 0 Å². The maximum atomic E-state index is 5.71. The maximum Gasteiger partial charge on any atom is 0.107 e.